The number of Topliss-reactive ketones (excluding diaryl/α,β-unsaturated/α-hetero) is 1. The van der Waals surface area contributed by atoms with Gasteiger partial charge in [0.15, 0.2) is 17.2 Å². The molecule has 10 aromatic rings. The molecule has 19 nitrogen and oxygen atoms in total. The Morgan fingerprint density at radius 3 is 1.11 bits per heavy atom. The van der Waals surface area contributed by atoms with Crippen molar-refractivity contribution in [1.29, 1.82) is 0 Å². The molecular weight excluding hydrogens is 1730 g/mol. The van der Waals surface area contributed by atoms with Crippen molar-refractivity contribution >= 4 is 110 Å². The molecule has 662 valence electrons. The van der Waals surface area contributed by atoms with E-state index in [1.54, 1.807) is 63.4 Å². The first kappa shape index (κ1) is 97.8. The molecule has 15 rings (SSSR count). The van der Waals surface area contributed by atoms with Gasteiger partial charge in [-0.15, -0.1) is 35.3 Å². The summed E-state index contributed by atoms with van der Waals surface area (Å²) in [5.74, 6) is 33.6. The summed E-state index contributed by atoms with van der Waals surface area (Å²) in [5.41, 5.74) is 16.2. The highest BCUT2D eigenvalue weighted by atomic mass is 35.5. The predicted octanol–water partition coefficient (Wildman–Crippen LogP) is 19.8. The van der Waals surface area contributed by atoms with E-state index in [0.29, 0.717) is 81.5 Å². The van der Waals surface area contributed by atoms with Crippen LogP contribution < -0.4 is 5.32 Å². The van der Waals surface area contributed by atoms with Crippen LogP contribution in [0.2, 0.25) is 5.02 Å². The molecule has 2 atom stereocenters. The standard InChI is InChI=1S/C23H23NO4S.C22H21ClO2S.C20H20N2O3S.C20H20N2O2S.C19H18N2OS/c1-15(25)24-20-14-18(22(26)28-4)9-8-17(20)7-5-16-6-10-21-19(13-16)23(2,3)11-12-29(21)27;1-4-25-21(24)17-9-7-16(14-19(17)23)6-5-15-8-10-20-18(13-15)22(2,3)11-12-26-20;1-4-25-19(23)17-13-21-15(12-22-17)7-5-14-6-8-18-16(11-14)20(2,3)9-10-26(18)24;1-4-24-19(23)17-13-21-15(12-22-17)7-5-14-6-8-18-16(11-14)20(2,3)9-10-25-18;1-13(22)17-12-20-15(11-21-17)6-4-14-5-7-18-16(10-14)19(2,3)8-9-23-18/h6,8-10,13-14H,11-12H2,1-4H3,(H,24,25);7-10,13-14H,4,11-12H2,1-3H3;6,8,11-13H,4,9-10H2,1-3H3;6,8,11-13H,4,9-10H2,1-3H3;5,7,10-12H,8-9H2,1-3H3. The Hall–Kier alpha value is -11.8. The lowest BCUT2D eigenvalue weighted by Crippen LogP contribution is -2.27. The molecule has 5 aliphatic rings. The molecule has 25 heteroatoms. The molecule has 5 aliphatic heterocycles. The average molecular weight is 1840 g/mol. The normalized spacial score (nSPS) is 15.9. The molecule has 2 unspecified atom stereocenters. The van der Waals surface area contributed by atoms with Crippen LogP contribution in [0.4, 0.5) is 5.69 Å². The van der Waals surface area contributed by atoms with Crippen LogP contribution in [-0.4, -0.2) is 130 Å². The van der Waals surface area contributed by atoms with E-state index in [0.717, 1.165) is 78.6 Å². The zero-order chi connectivity index (χ0) is 93.0. The first-order chi connectivity index (χ1) is 61.5. The minimum absolute atomic E-state index is 0.0119. The maximum Gasteiger partial charge on any atom is 0.358 e. The Morgan fingerprint density at radius 1 is 0.395 bits per heavy atom. The number of benzene rings is 7. The van der Waals surface area contributed by atoms with Gasteiger partial charge in [0.25, 0.3) is 0 Å². The van der Waals surface area contributed by atoms with Crippen molar-refractivity contribution in [1.82, 2.24) is 29.9 Å². The van der Waals surface area contributed by atoms with Gasteiger partial charge in [0.05, 0.1) is 108 Å². The first-order valence-corrected chi connectivity index (χ1v) is 48.2. The number of fused-ring (bicyclic) bond motifs is 5. The summed E-state index contributed by atoms with van der Waals surface area (Å²) < 4.78 is 44.0. The molecule has 0 bridgehead atoms. The molecule has 0 saturated heterocycles. The Balaban J connectivity index is 0.000000156. The summed E-state index contributed by atoms with van der Waals surface area (Å²) in [5, 5.41) is 3.07. The van der Waals surface area contributed by atoms with E-state index in [9.17, 15) is 37.2 Å². The van der Waals surface area contributed by atoms with Gasteiger partial charge in [-0.05, 0) is 270 Å². The van der Waals surface area contributed by atoms with Crippen LogP contribution in [0, 0.1) is 59.2 Å². The van der Waals surface area contributed by atoms with Crippen LogP contribution in [0.25, 0.3) is 0 Å². The van der Waals surface area contributed by atoms with E-state index in [1.807, 2.05) is 77.8 Å². The second-order valence-corrected chi connectivity index (χ2v) is 40.7. The molecule has 8 heterocycles. The van der Waals surface area contributed by atoms with E-state index >= 15 is 0 Å². The lowest BCUT2D eigenvalue weighted by Gasteiger charge is -2.32. The molecular formula is C104H102ClN7O12S5. The summed E-state index contributed by atoms with van der Waals surface area (Å²) in [4.78, 5) is 100.0. The summed E-state index contributed by atoms with van der Waals surface area (Å²) in [6.45, 7) is 31.4. The van der Waals surface area contributed by atoms with Gasteiger partial charge in [-0.25, -0.2) is 49.1 Å². The zero-order valence-electron chi connectivity index (χ0n) is 75.3. The number of ether oxygens (including phenoxy) is 4. The van der Waals surface area contributed by atoms with Crippen LogP contribution in [0.5, 0.6) is 0 Å². The number of nitrogens with one attached hydrogen (secondary N) is 1. The van der Waals surface area contributed by atoms with Gasteiger partial charge in [0.2, 0.25) is 5.91 Å². The van der Waals surface area contributed by atoms with Crippen molar-refractivity contribution in [3.05, 3.63) is 282 Å². The number of aromatic nitrogens is 6. The zero-order valence-corrected chi connectivity index (χ0v) is 80.1. The molecule has 7 aromatic carbocycles. The van der Waals surface area contributed by atoms with Crippen LogP contribution in [0.15, 0.2) is 189 Å². The van der Waals surface area contributed by atoms with E-state index in [-0.39, 0.29) is 50.2 Å². The monoisotopic (exact) mass is 1840 g/mol. The van der Waals surface area contributed by atoms with Crippen LogP contribution >= 0.6 is 46.9 Å². The third-order valence-electron chi connectivity index (χ3n) is 22.0. The Bertz CT molecular complexity index is 6350. The summed E-state index contributed by atoms with van der Waals surface area (Å²) >= 11 is 11.9. The smallest absolute Gasteiger partial charge is 0.358 e. The topological polar surface area (TPSA) is 263 Å². The SMILES string of the molecule is CC(=O)c1cnc(C#Cc2ccc3c(c2)C(C)(C)CCS3)cn1.CCOC(=O)c1ccc(C#Cc2ccc3c(c2)C(C)(C)CCS3)cc1Cl.CCOC(=O)c1cnc(C#Cc2ccc3c(c2)C(C)(C)CCS3)cn1.CCOC(=O)c1cnc(C#Cc2ccc3c(c2)C(C)(C)CCS3=O)cn1.COC(=O)c1ccc(C#Cc2ccc3c(c2)C(C)(C)CCS3=O)c(NC(C)=O)c1. The molecule has 0 fully saturated rings. The van der Waals surface area contributed by atoms with Crippen LogP contribution in [0.3, 0.4) is 0 Å². The number of halogens is 1. The van der Waals surface area contributed by atoms with E-state index in [1.165, 1.54) is 108 Å². The lowest BCUT2D eigenvalue weighted by atomic mass is 9.81. The molecule has 0 spiro atoms. The molecule has 129 heavy (non-hydrogen) atoms. The van der Waals surface area contributed by atoms with Gasteiger partial charge in [-0.1, -0.05) is 122 Å². The summed E-state index contributed by atoms with van der Waals surface area (Å²) in [6.07, 6.45) is 14.0. The number of ketones is 1. The number of anilines is 1. The van der Waals surface area contributed by atoms with Crippen LogP contribution in [0.1, 0.15) is 272 Å². The number of amides is 1. The predicted molar refractivity (Wildman–Crippen MR) is 513 cm³/mol. The average Bonchev–Trinajstić information content (AvgIpc) is 0.759. The Labute approximate surface area is 779 Å². The largest absolute Gasteiger partial charge is 0.465 e. The third-order valence-corrected chi connectivity index (χ3v) is 28.4. The van der Waals surface area contributed by atoms with E-state index in [2.05, 4.69) is 212 Å². The number of hydrogen-bond donors (Lipinski definition) is 1. The number of esters is 4. The fourth-order valence-corrected chi connectivity index (χ4v) is 22.3. The fraction of sp³-hybridized carbons (Fsp3) is 0.327. The Morgan fingerprint density at radius 2 is 0.744 bits per heavy atom. The minimum Gasteiger partial charge on any atom is -0.465 e. The lowest BCUT2D eigenvalue weighted by molar-refractivity contribution is -0.114. The van der Waals surface area contributed by atoms with Crippen molar-refractivity contribution < 1.29 is 56.1 Å². The molecule has 1 amide bonds. The van der Waals surface area contributed by atoms with Crippen molar-refractivity contribution in [3.63, 3.8) is 0 Å². The molecule has 3 aromatic heterocycles. The number of rotatable bonds is 9. The maximum atomic E-state index is 12.3. The van der Waals surface area contributed by atoms with Crippen molar-refractivity contribution in [2.75, 3.05) is 61.0 Å². The number of nitrogens with zero attached hydrogens (tertiary/aromatic N) is 6. The Kier molecular flexibility index (Phi) is 33.4. The fourth-order valence-electron chi connectivity index (χ4n) is 14.1. The van der Waals surface area contributed by atoms with E-state index in [4.69, 9.17) is 30.5 Å². The number of thioether (sulfide) groups is 3. The maximum absolute atomic E-state index is 12.3. The van der Waals surface area contributed by atoms with Gasteiger partial charge in [-0.3, -0.25) is 18.0 Å². The summed E-state index contributed by atoms with van der Waals surface area (Å²) in [6, 6.07) is 40.8. The van der Waals surface area contributed by atoms with Gasteiger partial charge in [0, 0.05) is 88.8 Å². The highest BCUT2D eigenvalue weighted by molar-refractivity contribution is 7.99. The number of hydrogen-bond acceptors (Lipinski definition) is 21. The van der Waals surface area contributed by atoms with Gasteiger partial charge >= 0.3 is 23.9 Å². The number of carbonyl (C=O) groups is 6. The number of methoxy groups -OCH3 is 1. The van der Waals surface area contributed by atoms with Crippen LogP contribution in [-0.2, 0) is 72.4 Å². The van der Waals surface area contributed by atoms with E-state index < -0.39 is 45.5 Å². The van der Waals surface area contributed by atoms with Crippen molar-refractivity contribution in [2.24, 2.45) is 0 Å². The number of carbonyl (C=O) groups excluding carboxylic acids is 6. The van der Waals surface area contributed by atoms with Crippen molar-refractivity contribution in [2.45, 2.75) is 188 Å². The molecule has 0 saturated carbocycles. The quantitative estimate of drug-likeness (QED) is 0.0609. The third kappa shape index (κ3) is 26.3. The second kappa shape index (κ2) is 44.0. The van der Waals surface area contributed by atoms with Gasteiger partial charge < -0.3 is 24.3 Å². The van der Waals surface area contributed by atoms with Gasteiger partial charge in [0.1, 0.15) is 22.8 Å². The highest BCUT2D eigenvalue weighted by Gasteiger charge is 2.35. The van der Waals surface area contributed by atoms with Crippen molar-refractivity contribution in [3.8, 4) is 59.2 Å². The van der Waals surface area contributed by atoms with Gasteiger partial charge in [-0.2, -0.15) is 0 Å². The summed E-state index contributed by atoms with van der Waals surface area (Å²) in [7, 11) is -0.597. The molecule has 0 aliphatic carbocycles. The second-order valence-electron chi connectivity index (χ2n) is 33.8. The first-order valence-electron chi connectivity index (χ1n) is 42.2. The molecule has 1 N–H and O–H groups in total. The molecule has 0 radical (unpaired) electrons. The highest BCUT2D eigenvalue weighted by Crippen LogP contribution is 2.45. The minimum atomic E-state index is -0.968.